The lowest BCUT2D eigenvalue weighted by Crippen LogP contribution is -2.21. The molecule has 0 radical (unpaired) electrons. The SMILES string of the molecule is CCOc1cc(OCC2CCCC2)cc(C(Nc2ccc(C#N)cc2)C(=O)O)c1. The number of nitriles is 1. The van der Waals surface area contributed by atoms with Gasteiger partial charge >= 0.3 is 5.97 Å². The van der Waals surface area contributed by atoms with Crippen LogP contribution in [0.1, 0.15) is 49.8 Å². The quantitative estimate of drug-likeness (QED) is 0.637. The van der Waals surface area contributed by atoms with E-state index in [0.29, 0.717) is 47.4 Å². The summed E-state index contributed by atoms with van der Waals surface area (Å²) in [4.78, 5) is 12.0. The Morgan fingerprint density at radius 2 is 1.83 bits per heavy atom. The molecule has 29 heavy (non-hydrogen) atoms. The van der Waals surface area contributed by atoms with Crippen LogP contribution in [-0.4, -0.2) is 24.3 Å². The molecule has 2 aromatic rings. The van der Waals surface area contributed by atoms with Crippen molar-refractivity contribution in [3.63, 3.8) is 0 Å². The zero-order chi connectivity index (χ0) is 20.6. The van der Waals surface area contributed by atoms with Crippen LogP contribution >= 0.6 is 0 Å². The van der Waals surface area contributed by atoms with Gasteiger partial charge in [-0.1, -0.05) is 12.8 Å². The van der Waals surface area contributed by atoms with Crippen molar-refractivity contribution in [2.45, 2.75) is 38.6 Å². The molecule has 1 fully saturated rings. The fourth-order valence-corrected chi connectivity index (χ4v) is 3.58. The van der Waals surface area contributed by atoms with E-state index in [1.54, 1.807) is 36.4 Å². The largest absolute Gasteiger partial charge is 0.494 e. The van der Waals surface area contributed by atoms with Gasteiger partial charge in [0.25, 0.3) is 0 Å². The van der Waals surface area contributed by atoms with Crippen LogP contribution in [0.5, 0.6) is 11.5 Å². The van der Waals surface area contributed by atoms with E-state index in [1.165, 1.54) is 25.7 Å². The summed E-state index contributed by atoms with van der Waals surface area (Å²) in [6, 6.07) is 13.0. The standard InChI is InChI=1S/C23H26N2O4/c1-2-28-20-11-18(12-21(13-20)29-15-17-5-3-4-6-17)22(23(26)27)25-19-9-7-16(14-24)8-10-19/h7-13,17,22,25H,2-6,15H2,1H3,(H,26,27). The Morgan fingerprint density at radius 1 is 1.17 bits per heavy atom. The zero-order valence-electron chi connectivity index (χ0n) is 16.6. The second-order valence-corrected chi connectivity index (χ2v) is 7.24. The summed E-state index contributed by atoms with van der Waals surface area (Å²) in [6.45, 7) is 3.00. The minimum absolute atomic E-state index is 0.478. The molecule has 0 heterocycles. The maximum Gasteiger partial charge on any atom is 0.330 e. The van der Waals surface area contributed by atoms with Gasteiger partial charge in [0.15, 0.2) is 6.04 Å². The van der Waals surface area contributed by atoms with Crippen LogP contribution in [0.15, 0.2) is 42.5 Å². The van der Waals surface area contributed by atoms with Crippen molar-refractivity contribution < 1.29 is 19.4 Å². The molecule has 2 N–H and O–H groups in total. The van der Waals surface area contributed by atoms with Crippen LogP contribution in [0, 0.1) is 17.2 Å². The molecule has 2 aromatic carbocycles. The van der Waals surface area contributed by atoms with Crippen molar-refractivity contribution in [3.05, 3.63) is 53.6 Å². The Bertz CT molecular complexity index is 867. The van der Waals surface area contributed by atoms with E-state index in [9.17, 15) is 9.90 Å². The second kappa shape index (κ2) is 9.83. The van der Waals surface area contributed by atoms with Crippen LogP contribution in [0.25, 0.3) is 0 Å². The number of rotatable bonds is 9. The van der Waals surface area contributed by atoms with E-state index in [-0.39, 0.29) is 0 Å². The molecule has 1 atom stereocenters. The summed E-state index contributed by atoms with van der Waals surface area (Å²) in [5.41, 5.74) is 1.68. The number of anilines is 1. The van der Waals surface area contributed by atoms with Gasteiger partial charge in [0.2, 0.25) is 0 Å². The number of nitrogens with one attached hydrogen (secondary N) is 1. The third kappa shape index (κ3) is 5.64. The average molecular weight is 394 g/mol. The molecule has 0 saturated heterocycles. The van der Waals surface area contributed by atoms with Crippen molar-refractivity contribution in [1.82, 2.24) is 0 Å². The Hall–Kier alpha value is -3.20. The zero-order valence-corrected chi connectivity index (χ0v) is 16.6. The van der Waals surface area contributed by atoms with E-state index >= 15 is 0 Å². The number of ether oxygens (including phenoxy) is 2. The van der Waals surface area contributed by atoms with Crippen molar-refractivity contribution in [2.24, 2.45) is 5.92 Å². The molecular weight excluding hydrogens is 368 g/mol. The summed E-state index contributed by atoms with van der Waals surface area (Å²) in [5.74, 6) is 0.746. The van der Waals surface area contributed by atoms with E-state index in [0.717, 1.165) is 0 Å². The summed E-state index contributed by atoms with van der Waals surface area (Å²) in [5, 5.41) is 21.8. The number of hydrogen-bond donors (Lipinski definition) is 2. The Kier molecular flexibility index (Phi) is 6.96. The molecule has 1 aliphatic carbocycles. The minimum atomic E-state index is -1.01. The predicted molar refractivity (Wildman–Crippen MR) is 110 cm³/mol. The maximum atomic E-state index is 12.0. The molecule has 0 bridgehead atoms. The van der Waals surface area contributed by atoms with Crippen LogP contribution < -0.4 is 14.8 Å². The number of nitrogens with zero attached hydrogens (tertiary/aromatic N) is 1. The molecule has 0 aromatic heterocycles. The molecule has 0 spiro atoms. The minimum Gasteiger partial charge on any atom is -0.494 e. The van der Waals surface area contributed by atoms with Gasteiger partial charge in [-0.25, -0.2) is 4.79 Å². The number of benzene rings is 2. The highest BCUT2D eigenvalue weighted by atomic mass is 16.5. The lowest BCUT2D eigenvalue weighted by molar-refractivity contribution is -0.138. The molecule has 6 nitrogen and oxygen atoms in total. The number of carbonyl (C=O) groups is 1. The topological polar surface area (TPSA) is 91.6 Å². The number of carboxylic acid groups (broad SMARTS) is 1. The molecule has 1 unspecified atom stereocenters. The molecular formula is C23H26N2O4. The molecule has 1 aliphatic rings. The fraction of sp³-hybridized carbons (Fsp3) is 0.391. The highest BCUT2D eigenvalue weighted by molar-refractivity contribution is 5.79. The number of aliphatic carboxylic acids is 1. The number of carboxylic acids is 1. The summed E-state index contributed by atoms with van der Waals surface area (Å²) < 4.78 is 11.6. The van der Waals surface area contributed by atoms with Gasteiger partial charge in [0.1, 0.15) is 11.5 Å². The van der Waals surface area contributed by atoms with Crippen molar-refractivity contribution >= 4 is 11.7 Å². The molecule has 3 rings (SSSR count). The molecule has 0 amide bonds. The lowest BCUT2D eigenvalue weighted by atomic mass is 10.0. The monoisotopic (exact) mass is 394 g/mol. The van der Waals surface area contributed by atoms with Crippen LogP contribution in [0.3, 0.4) is 0 Å². The van der Waals surface area contributed by atoms with Gasteiger partial charge in [-0.3, -0.25) is 0 Å². The fourth-order valence-electron chi connectivity index (χ4n) is 3.58. The van der Waals surface area contributed by atoms with E-state index in [2.05, 4.69) is 11.4 Å². The van der Waals surface area contributed by atoms with Crippen molar-refractivity contribution in [2.75, 3.05) is 18.5 Å². The van der Waals surface area contributed by atoms with Crippen molar-refractivity contribution in [3.8, 4) is 17.6 Å². The smallest absolute Gasteiger partial charge is 0.330 e. The van der Waals surface area contributed by atoms with Crippen LogP contribution in [-0.2, 0) is 4.79 Å². The van der Waals surface area contributed by atoms with Gasteiger partial charge in [0, 0.05) is 11.8 Å². The van der Waals surface area contributed by atoms with E-state index in [1.807, 2.05) is 13.0 Å². The second-order valence-electron chi connectivity index (χ2n) is 7.24. The first-order valence-electron chi connectivity index (χ1n) is 9.99. The normalized spacial score (nSPS) is 14.8. The lowest BCUT2D eigenvalue weighted by Gasteiger charge is -2.19. The summed E-state index contributed by atoms with van der Waals surface area (Å²) in [7, 11) is 0. The first kappa shape index (κ1) is 20.5. The molecule has 6 heteroatoms. The third-order valence-corrected chi connectivity index (χ3v) is 5.08. The third-order valence-electron chi connectivity index (χ3n) is 5.08. The Labute approximate surface area is 171 Å². The molecule has 1 saturated carbocycles. The molecule has 152 valence electrons. The van der Waals surface area contributed by atoms with Gasteiger partial charge in [-0.05, 0) is 67.6 Å². The van der Waals surface area contributed by atoms with Gasteiger partial charge in [-0.2, -0.15) is 5.26 Å². The summed E-state index contributed by atoms with van der Waals surface area (Å²) >= 11 is 0. The Balaban J connectivity index is 1.82. The highest BCUT2D eigenvalue weighted by Crippen LogP contribution is 2.31. The number of hydrogen-bond acceptors (Lipinski definition) is 5. The molecule has 0 aliphatic heterocycles. The van der Waals surface area contributed by atoms with Gasteiger partial charge < -0.3 is 19.9 Å². The summed E-state index contributed by atoms with van der Waals surface area (Å²) in [6.07, 6.45) is 4.84. The van der Waals surface area contributed by atoms with Gasteiger partial charge in [0.05, 0.1) is 24.8 Å². The predicted octanol–water partition coefficient (Wildman–Crippen LogP) is 4.76. The van der Waals surface area contributed by atoms with E-state index in [4.69, 9.17) is 14.7 Å². The maximum absolute atomic E-state index is 12.0. The van der Waals surface area contributed by atoms with Crippen LogP contribution in [0.2, 0.25) is 0 Å². The van der Waals surface area contributed by atoms with Crippen molar-refractivity contribution in [1.29, 1.82) is 5.26 Å². The first-order chi connectivity index (χ1) is 14.1. The first-order valence-corrected chi connectivity index (χ1v) is 9.99. The Morgan fingerprint density at radius 3 is 2.41 bits per heavy atom. The highest BCUT2D eigenvalue weighted by Gasteiger charge is 2.22. The van der Waals surface area contributed by atoms with Gasteiger partial charge in [-0.15, -0.1) is 0 Å². The average Bonchev–Trinajstić information content (AvgIpc) is 3.24. The van der Waals surface area contributed by atoms with Crippen LogP contribution in [0.4, 0.5) is 5.69 Å². The van der Waals surface area contributed by atoms with E-state index < -0.39 is 12.0 Å².